The van der Waals surface area contributed by atoms with Gasteiger partial charge in [-0.3, -0.25) is 0 Å². The minimum absolute atomic E-state index is 0.120. The molecule has 3 nitrogen and oxygen atoms in total. The summed E-state index contributed by atoms with van der Waals surface area (Å²) in [5, 5.41) is 0. The van der Waals surface area contributed by atoms with Crippen molar-refractivity contribution < 1.29 is 13.9 Å². The van der Waals surface area contributed by atoms with Gasteiger partial charge in [0.1, 0.15) is 12.8 Å². The minimum atomic E-state index is -0.670. The summed E-state index contributed by atoms with van der Waals surface area (Å²) in [6.45, 7) is 3.69. The summed E-state index contributed by atoms with van der Waals surface area (Å²) in [6, 6.07) is 9.70. The van der Waals surface area contributed by atoms with Gasteiger partial charge in [0.25, 0.3) is 0 Å². The Morgan fingerprint density at radius 1 is 1.27 bits per heavy atom. The van der Waals surface area contributed by atoms with E-state index < -0.39 is 6.17 Å². The van der Waals surface area contributed by atoms with Gasteiger partial charge >= 0.3 is 6.09 Å². The Labute approximate surface area is 131 Å². The van der Waals surface area contributed by atoms with Crippen molar-refractivity contribution in [1.29, 1.82) is 0 Å². The Balaban J connectivity index is 1.48. The highest BCUT2D eigenvalue weighted by Crippen LogP contribution is 2.49. The first-order valence-corrected chi connectivity index (χ1v) is 8.18. The van der Waals surface area contributed by atoms with E-state index in [1.807, 2.05) is 37.3 Å². The van der Waals surface area contributed by atoms with Crippen LogP contribution in [0, 0.1) is 11.3 Å². The van der Waals surface area contributed by atoms with Crippen LogP contribution in [0.15, 0.2) is 30.3 Å². The van der Waals surface area contributed by atoms with E-state index in [-0.39, 0.29) is 17.4 Å². The number of hydrogen-bond donors (Lipinski definition) is 0. The lowest BCUT2D eigenvalue weighted by atomic mass is 9.76. The third-order valence-corrected chi connectivity index (χ3v) is 5.29. The highest BCUT2D eigenvalue weighted by atomic mass is 19.1. The number of alkyl halides is 1. The van der Waals surface area contributed by atoms with E-state index in [9.17, 15) is 9.18 Å². The quantitative estimate of drug-likeness (QED) is 0.820. The van der Waals surface area contributed by atoms with Crippen LogP contribution in [0.5, 0.6) is 0 Å². The van der Waals surface area contributed by atoms with Crippen LogP contribution in [-0.2, 0) is 11.3 Å². The maximum Gasteiger partial charge on any atom is 0.410 e. The van der Waals surface area contributed by atoms with Gasteiger partial charge in [0.2, 0.25) is 0 Å². The number of nitrogens with zero attached hydrogens (tertiary/aromatic N) is 1. The fourth-order valence-corrected chi connectivity index (χ4v) is 3.89. The molecule has 0 radical (unpaired) electrons. The molecule has 3 rings (SSSR count). The van der Waals surface area contributed by atoms with Crippen LogP contribution in [0.3, 0.4) is 0 Å². The zero-order chi connectivity index (χ0) is 15.6. The molecule has 22 heavy (non-hydrogen) atoms. The van der Waals surface area contributed by atoms with Gasteiger partial charge in [0.15, 0.2) is 0 Å². The lowest BCUT2D eigenvalue weighted by Gasteiger charge is -2.38. The van der Waals surface area contributed by atoms with Crippen LogP contribution in [0.4, 0.5) is 9.18 Å². The van der Waals surface area contributed by atoms with E-state index in [2.05, 4.69) is 0 Å². The van der Waals surface area contributed by atoms with Crippen molar-refractivity contribution >= 4 is 6.09 Å². The van der Waals surface area contributed by atoms with Crippen LogP contribution in [0.1, 0.15) is 38.2 Å². The maximum atomic E-state index is 13.8. The molecule has 120 valence electrons. The molecule has 2 fully saturated rings. The van der Waals surface area contributed by atoms with E-state index >= 15 is 0 Å². The van der Waals surface area contributed by atoms with E-state index in [1.165, 1.54) is 0 Å². The predicted molar refractivity (Wildman–Crippen MR) is 83.2 cm³/mol. The summed E-state index contributed by atoms with van der Waals surface area (Å²) >= 11 is 0. The van der Waals surface area contributed by atoms with Gasteiger partial charge < -0.3 is 9.64 Å². The molecule has 1 aliphatic carbocycles. The number of piperidine rings is 1. The van der Waals surface area contributed by atoms with Gasteiger partial charge in [-0.1, -0.05) is 37.3 Å². The van der Waals surface area contributed by atoms with Gasteiger partial charge in [0.05, 0.1) is 0 Å². The molecule has 1 heterocycles. The van der Waals surface area contributed by atoms with Crippen LogP contribution in [0.25, 0.3) is 0 Å². The SMILES string of the molecule is CC1CC2(CCN(C(=O)OCc3ccccc3)CC2)C[C@H]1F. The largest absolute Gasteiger partial charge is 0.445 e. The summed E-state index contributed by atoms with van der Waals surface area (Å²) in [5.41, 5.74) is 1.11. The molecule has 2 atom stereocenters. The highest BCUT2D eigenvalue weighted by Gasteiger charge is 2.45. The number of ether oxygens (including phenoxy) is 1. The maximum absolute atomic E-state index is 13.8. The zero-order valence-corrected chi connectivity index (χ0v) is 13.1. The van der Waals surface area contributed by atoms with Crippen LogP contribution >= 0.6 is 0 Å². The van der Waals surface area contributed by atoms with Crippen molar-refractivity contribution in [3.05, 3.63) is 35.9 Å². The van der Waals surface area contributed by atoms with E-state index in [1.54, 1.807) is 4.90 Å². The first-order valence-electron chi connectivity index (χ1n) is 8.18. The molecule has 1 unspecified atom stereocenters. The lowest BCUT2D eigenvalue weighted by Crippen LogP contribution is -2.42. The Morgan fingerprint density at radius 3 is 2.55 bits per heavy atom. The summed E-state index contributed by atoms with van der Waals surface area (Å²) < 4.78 is 19.2. The van der Waals surface area contributed by atoms with Crippen molar-refractivity contribution in [3.63, 3.8) is 0 Å². The van der Waals surface area contributed by atoms with Gasteiger partial charge in [-0.05, 0) is 42.6 Å². The van der Waals surface area contributed by atoms with Crippen molar-refractivity contribution in [2.75, 3.05) is 13.1 Å². The third-order valence-electron chi connectivity index (χ3n) is 5.29. The second-order valence-electron chi connectivity index (χ2n) is 6.93. The molecule has 2 aliphatic rings. The predicted octanol–water partition coefficient (Wildman–Crippen LogP) is 4.17. The molecular weight excluding hydrogens is 281 g/mol. The summed E-state index contributed by atoms with van der Waals surface area (Å²) in [4.78, 5) is 13.9. The van der Waals surface area contributed by atoms with Crippen molar-refractivity contribution in [2.24, 2.45) is 11.3 Å². The second-order valence-corrected chi connectivity index (χ2v) is 6.93. The molecule has 1 spiro atoms. The number of halogens is 1. The second kappa shape index (κ2) is 6.27. The van der Waals surface area contributed by atoms with Crippen molar-refractivity contribution in [1.82, 2.24) is 4.90 Å². The van der Waals surface area contributed by atoms with Crippen molar-refractivity contribution in [3.8, 4) is 0 Å². The van der Waals surface area contributed by atoms with Gasteiger partial charge in [-0.25, -0.2) is 9.18 Å². The molecule has 1 saturated heterocycles. The highest BCUT2D eigenvalue weighted by molar-refractivity contribution is 5.67. The minimum Gasteiger partial charge on any atom is -0.445 e. The Hall–Kier alpha value is -1.58. The smallest absolute Gasteiger partial charge is 0.410 e. The number of likely N-dealkylation sites (tertiary alicyclic amines) is 1. The van der Waals surface area contributed by atoms with Crippen LogP contribution in [-0.4, -0.2) is 30.3 Å². The number of hydrogen-bond acceptors (Lipinski definition) is 2. The molecule has 1 aromatic carbocycles. The Bertz CT molecular complexity index is 499. The number of carbonyl (C=O) groups is 1. The van der Waals surface area contributed by atoms with Gasteiger partial charge in [-0.2, -0.15) is 0 Å². The van der Waals surface area contributed by atoms with E-state index in [0.29, 0.717) is 26.1 Å². The first-order chi connectivity index (χ1) is 10.6. The molecule has 1 saturated carbocycles. The zero-order valence-electron chi connectivity index (χ0n) is 13.1. The summed E-state index contributed by atoms with van der Waals surface area (Å²) in [7, 11) is 0. The van der Waals surface area contributed by atoms with E-state index in [4.69, 9.17) is 4.74 Å². The average molecular weight is 305 g/mol. The van der Waals surface area contributed by atoms with Crippen LogP contribution in [0.2, 0.25) is 0 Å². The standard InChI is InChI=1S/C18H24FNO2/c1-14-11-18(12-16(14)19)7-9-20(10-8-18)17(21)22-13-15-5-3-2-4-6-15/h2-6,14,16H,7-13H2,1H3/t14?,16-/m1/s1. The topological polar surface area (TPSA) is 29.5 Å². The van der Waals surface area contributed by atoms with Crippen LogP contribution < -0.4 is 0 Å². The molecule has 0 bridgehead atoms. The number of carbonyl (C=O) groups excluding carboxylic acids is 1. The third kappa shape index (κ3) is 3.26. The number of rotatable bonds is 2. The lowest BCUT2D eigenvalue weighted by molar-refractivity contribution is 0.0605. The monoisotopic (exact) mass is 305 g/mol. The molecule has 0 aromatic heterocycles. The Kier molecular flexibility index (Phi) is 4.37. The number of benzene rings is 1. The van der Waals surface area contributed by atoms with E-state index in [0.717, 1.165) is 24.8 Å². The fraction of sp³-hybridized carbons (Fsp3) is 0.611. The first kappa shape index (κ1) is 15.3. The normalized spacial score (nSPS) is 27.1. The van der Waals surface area contributed by atoms with Crippen molar-refractivity contribution in [2.45, 2.75) is 45.4 Å². The molecular formula is C18H24FNO2. The van der Waals surface area contributed by atoms with Gasteiger partial charge in [-0.15, -0.1) is 0 Å². The summed E-state index contributed by atoms with van der Waals surface area (Å²) in [5.74, 6) is 0.164. The van der Waals surface area contributed by atoms with Gasteiger partial charge in [0, 0.05) is 13.1 Å². The molecule has 0 N–H and O–H groups in total. The Morgan fingerprint density at radius 2 is 1.95 bits per heavy atom. The summed E-state index contributed by atoms with van der Waals surface area (Å²) in [6.07, 6.45) is 2.51. The fourth-order valence-electron chi connectivity index (χ4n) is 3.89. The number of amides is 1. The average Bonchev–Trinajstić information content (AvgIpc) is 2.80. The molecule has 4 heteroatoms. The molecule has 1 aromatic rings. The molecule has 1 aliphatic heterocycles. The molecule has 1 amide bonds.